The highest BCUT2D eigenvalue weighted by Gasteiger charge is 2.19. The van der Waals surface area contributed by atoms with Crippen LogP contribution in [-0.2, 0) is 13.1 Å². The Labute approximate surface area is 152 Å². The number of hydrogen-bond acceptors (Lipinski definition) is 5. The van der Waals surface area contributed by atoms with Gasteiger partial charge in [0.05, 0.1) is 18.9 Å². The molecule has 0 amide bonds. The van der Waals surface area contributed by atoms with Crippen LogP contribution in [0.5, 0.6) is 11.7 Å². The molecule has 3 aromatic rings. The van der Waals surface area contributed by atoms with E-state index in [1.165, 1.54) is 10.2 Å². The van der Waals surface area contributed by atoms with Gasteiger partial charge >= 0.3 is 0 Å². The van der Waals surface area contributed by atoms with Crippen molar-refractivity contribution in [1.82, 2.24) is 10.6 Å². The quantitative estimate of drug-likeness (QED) is 0.680. The second kappa shape index (κ2) is 8.50. The Morgan fingerprint density at radius 2 is 1.76 bits per heavy atom. The topological polar surface area (TPSA) is 74.2 Å². The Morgan fingerprint density at radius 1 is 1.08 bits per heavy atom. The minimum Gasteiger partial charge on any atom is -0.539 e. The first kappa shape index (κ1) is 18.8. The molecular formula is C18H20ClN3O3. The highest BCUT2D eigenvalue weighted by atomic mass is 35.5. The van der Waals surface area contributed by atoms with Crippen molar-refractivity contribution in [1.29, 1.82) is 0 Å². The third-order valence-electron chi connectivity index (χ3n) is 3.76. The molecule has 0 saturated heterocycles. The smallest absolute Gasteiger partial charge is 0.253 e. The Kier molecular flexibility index (Phi) is 6.38. The fourth-order valence-corrected chi connectivity index (χ4v) is 2.37. The molecule has 1 heterocycles. The summed E-state index contributed by atoms with van der Waals surface area (Å²) in [6, 6.07) is 15.5. The van der Waals surface area contributed by atoms with E-state index in [1.54, 1.807) is 7.11 Å². The van der Waals surface area contributed by atoms with Gasteiger partial charge in [-0.15, -0.1) is 12.4 Å². The summed E-state index contributed by atoms with van der Waals surface area (Å²) in [5, 5.41) is 19.0. The highest BCUT2D eigenvalue weighted by Crippen LogP contribution is 2.14. The summed E-state index contributed by atoms with van der Waals surface area (Å²) in [6.45, 7) is 3.07. The van der Waals surface area contributed by atoms with Crippen molar-refractivity contribution >= 4 is 12.4 Å². The molecule has 0 aliphatic heterocycles. The summed E-state index contributed by atoms with van der Waals surface area (Å²) in [6.07, 6.45) is 0. The lowest BCUT2D eigenvalue weighted by atomic mass is 10.1. The van der Waals surface area contributed by atoms with Gasteiger partial charge in [0, 0.05) is 18.7 Å². The average Bonchev–Trinajstić information content (AvgIpc) is 2.98. The minimum absolute atomic E-state index is 0. The summed E-state index contributed by atoms with van der Waals surface area (Å²) in [4.78, 5) is 0. The predicted molar refractivity (Wildman–Crippen MR) is 93.0 cm³/mol. The first-order valence-corrected chi connectivity index (χ1v) is 7.66. The van der Waals surface area contributed by atoms with E-state index in [4.69, 9.17) is 9.26 Å². The van der Waals surface area contributed by atoms with Crippen LogP contribution in [0.4, 0.5) is 0 Å². The van der Waals surface area contributed by atoms with E-state index in [0.717, 1.165) is 17.0 Å². The first-order valence-electron chi connectivity index (χ1n) is 7.66. The van der Waals surface area contributed by atoms with Crippen LogP contribution in [0.2, 0.25) is 0 Å². The Morgan fingerprint density at radius 3 is 2.40 bits per heavy atom. The molecule has 0 unspecified atom stereocenters. The molecule has 0 aliphatic rings. The fourth-order valence-electron chi connectivity index (χ4n) is 2.37. The Hall–Kier alpha value is -2.57. The van der Waals surface area contributed by atoms with E-state index < -0.39 is 5.95 Å². The van der Waals surface area contributed by atoms with Gasteiger partial charge in [-0.25, -0.2) is 0 Å². The van der Waals surface area contributed by atoms with Crippen molar-refractivity contribution in [2.24, 2.45) is 0 Å². The van der Waals surface area contributed by atoms with Crippen molar-refractivity contribution in [2.75, 3.05) is 7.11 Å². The van der Waals surface area contributed by atoms with Crippen LogP contribution in [0, 0.1) is 6.92 Å². The molecule has 1 aromatic heterocycles. The third kappa shape index (κ3) is 4.49. The zero-order valence-electron chi connectivity index (χ0n) is 14.1. The molecule has 2 aromatic carbocycles. The number of nitrogens with one attached hydrogen (secondary N) is 1. The van der Waals surface area contributed by atoms with Crippen LogP contribution in [-0.4, -0.2) is 12.4 Å². The maximum Gasteiger partial charge on any atom is 0.253 e. The van der Waals surface area contributed by atoms with Crippen molar-refractivity contribution in [3.63, 3.8) is 0 Å². The highest BCUT2D eigenvalue weighted by molar-refractivity contribution is 5.85. The molecule has 1 N–H and O–H groups in total. The van der Waals surface area contributed by atoms with Crippen LogP contribution in [0.25, 0.3) is 5.69 Å². The lowest BCUT2D eigenvalue weighted by Crippen LogP contribution is -2.38. The van der Waals surface area contributed by atoms with Gasteiger partial charge in [0.25, 0.3) is 5.69 Å². The van der Waals surface area contributed by atoms with Crippen LogP contribution in [0.3, 0.4) is 0 Å². The zero-order valence-corrected chi connectivity index (χ0v) is 14.9. The van der Waals surface area contributed by atoms with E-state index in [2.05, 4.69) is 41.8 Å². The van der Waals surface area contributed by atoms with Gasteiger partial charge < -0.3 is 19.7 Å². The molecular weight excluding hydrogens is 342 g/mol. The van der Waals surface area contributed by atoms with E-state index in [1.807, 2.05) is 24.3 Å². The molecule has 0 saturated carbocycles. The van der Waals surface area contributed by atoms with E-state index in [0.29, 0.717) is 18.8 Å². The number of methoxy groups -OCH3 is 1. The molecule has 0 spiro atoms. The van der Waals surface area contributed by atoms with Crippen molar-refractivity contribution < 1.29 is 19.0 Å². The zero-order chi connectivity index (χ0) is 16.9. The lowest BCUT2D eigenvalue weighted by Gasteiger charge is -2.04. The van der Waals surface area contributed by atoms with Crippen LogP contribution >= 0.6 is 12.4 Å². The standard InChI is InChI=1S/C18H19N3O3.ClH/c1-13-3-5-14(6-4-13)11-19-12-17-18(22)24-20-21(17)15-7-9-16(23-2)10-8-15;/h3-10,19H,11-12H2,1-2H3;1H. The average molecular weight is 362 g/mol. The SMILES string of the molecule is COc1ccc(-[n+]2noc([O-])c2CNCc2ccc(C)cc2)cc1.Cl. The Balaban J connectivity index is 0.00000225. The van der Waals surface area contributed by atoms with Gasteiger partial charge in [0.1, 0.15) is 5.75 Å². The number of benzene rings is 2. The normalized spacial score (nSPS) is 10.3. The van der Waals surface area contributed by atoms with E-state index >= 15 is 0 Å². The predicted octanol–water partition coefficient (Wildman–Crippen LogP) is 2.05. The molecule has 7 heteroatoms. The molecule has 0 bridgehead atoms. The maximum atomic E-state index is 11.9. The van der Waals surface area contributed by atoms with Gasteiger partial charge in [0.2, 0.25) is 5.69 Å². The van der Waals surface area contributed by atoms with Crippen molar-refractivity contribution in [2.45, 2.75) is 20.0 Å². The number of ether oxygens (including phenoxy) is 1. The minimum atomic E-state index is -0.442. The number of hydrogen-bond donors (Lipinski definition) is 1. The van der Waals surface area contributed by atoms with Gasteiger partial charge in [-0.3, -0.25) is 0 Å². The second-order valence-electron chi connectivity index (χ2n) is 5.51. The first-order chi connectivity index (χ1) is 11.7. The van der Waals surface area contributed by atoms with Crippen LogP contribution < -0.4 is 19.8 Å². The number of rotatable bonds is 6. The number of halogens is 1. The van der Waals surface area contributed by atoms with Crippen molar-refractivity contribution in [3.8, 4) is 17.4 Å². The van der Waals surface area contributed by atoms with Crippen molar-refractivity contribution in [3.05, 3.63) is 65.4 Å². The number of nitrogens with zero attached hydrogens (tertiary/aromatic N) is 2. The molecule has 132 valence electrons. The molecule has 0 fully saturated rings. The van der Waals surface area contributed by atoms with Crippen LogP contribution in [0.1, 0.15) is 16.8 Å². The summed E-state index contributed by atoms with van der Waals surface area (Å²) >= 11 is 0. The molecule has 6 nitrogen and oxygen atoms in total. The van der Waals surface area contributed by atoms with E-state index in [-0.39, 0.29) is 12.4 Å². The van der Waals surface area contributed by atoms with Gasteiger partial charge in [-0.2, -0.15) is 0 Å². The van der Waals surface area contributed by atoms with Gasteiger partial charge in [-0.05, 0) is 29.3 Å². The summed E-state index contributed by atoms with van der Waals surface area (Å²) < 4.78 is 11.5. The molecule has 0 aliphatic carbocycles. The van der Waals surface area contributed by atoms with E-state index in [9.17, 15) is 5.11 Å². The monoisotopic (exact) mass is 361 g/mol. The molecule has 25 heavy (non-hydrogen) atoms. The second-order valence-corrected chi connectivity index (χ2v) is 5.51. The maximum absolute atomic E-state index is 11.9. The molecule has 0 radical (unpaired) electrons. The van der Waals surface area contributed by atoms with Crippen LogP contribution in [0.15, 0.2) is 53.1 Å². The summed E-state index contributed by atoms with van der Waals surface area (Å²) in [7, 11) is 1.61. The Bertz CT molecular complexity index is 801. The largest absolute Gasteiger partial charge is 0.539 e. The van der Waals surface area contributed by atoms with Gasteiger partial charge in [0.15, 0.2) is 5.95 Å². The molecule has 0 atom stereocenters. The summed E-state index contributed by atoms with van der Waals surface area (Å²) in [5.41, 5.74) is 3.57. The number of aryl methyl sites for hydroxylation is 1. The third-order valence-corrected chi connectivity index (χ3v) is 3.76. The summed E-state index contributed by atoms with van der Waals surface area (Å²) in [5.74, 6) is 0.298. The number of aromatic nitrogens is 2. The fraction of sp³-hybridized carbons (Fsp3) is 0.222. The lowest BCUT2D eigenvalue weighted by molar-refractivity contribution is -0.677. The van der Waals surface area contributed by atoms with Gasteiger partial charge in [-0.1, -0.05) is 29.8 Å². The molecule has 3 rings (SSSR count).